The molecule has 10 nitrogen and oxygen atoms in total. The minimum absolute atomic E-state index is 0.0820. The van der Waals surface area contributed by atoms with Crippen molar-refractivity contribution in [3.63, 3.8) is 0 Å². The third-order valence-corrected chi connectivity index (χ3v) is 6.45. The van der Waals surface area contributed by atoms with Gasteiger partial charge < -0.3 is 23.8 Å². The van der Waals surface area contributed by atoms with Crippen LogP contribution in [-0.2, 0) is 20.7 Å². The largest absolute Gasteiger partial charge is 0.493 e. The molecule has 37 heavy (non-hydrogen) atoms. The van der Waals surface area contributed by atoms with E-state index in [0.717, 1.165) is 31.5 Å². The molecule has 2 heterocycles. The normalized spacial score (nSPS) is 16.9. The molecule has 1 aromatic rings. The van der Waals surface area contributed by atoms with E-state index in [9.17, 15) is 14.4 Å². The molecule has 0 unspecified atom stereocenters. The Kier molecular flexibility index (Phi) is 10.0. The lowest BCUT2D eigenvalue weighted by Gasteiger charge is -2.35. The molecule has 2 saturated heterocycles. The van der Waals surface area contributed by atoms with E-state index in [2.05, 4.69) is 4.90 Å². The molecule has 0 N–H and O–H groups in total. The zero-order chi connectivity index (χ0) is 27.0. The minimum atomic E-state index is -0.502. The number of amides is 3. The van der Waals surface area contributed by atoms with E-state index in [1.54, 1.807) is 19.1 Å². The van der Waals surface area contributed by atoms with Crippen molar-refractivity contribution in [1.82, 2.24) is 14.7 Å². The minimum Gasteiger partial charge on any atom is -0.493 e. The van der Waals surface area contributed by atoms with Crippen LogP contribution in [-0.4, -0.2) is 98.3 Å². The summed E-state index contributed by atoms with van der Waals surface area (Å²) < 4.78 is 22.7. The lowest BCUT2D eigenvalue weighted by Crippen LogP contribution is -2.50. The van der Waals surface area contributed by atoms with Crippen LogP contribution in [0, 0.1) is 0 Å². The van der Waals surface area contributed by atoms with Gasteiger partial charge >= 0.3 is 6.09 Å². The van der Waals surface area contributed by atoms with Crippen molar-refractivity contribution in [3.05, 3.63) is 17.7 Å². The van der Waals surface area contributed by atoms with Gasteiger partial charge in [-0.25, -0.2) is 4.79 Å². The Morgan fingerprint density at radius 3 is 2.16 bits per heavy atom. The molecule has 0 saturated carbocycles. The predicted molar refractivity (Wildman–Crippen MR) is 138 cm³/mol. The molecule has 206 valence electrons. The van der Waals surface area contributed by atoms with Crippen LogP contribution in [0.4, 0.5) is 4.79 Å². The molecular formula is C27H41N3O7. The van der Waals surface area contributed by atoms with Crippen molar-refractivity contribution in [2.75, 3.05) is 60.1 Å². The molecule has 0 aromatic heterocycles. The van der Waals surface area contributed by atoms with E-state index >= 15 is 0 Å². The fraction of sp³-hybridized carbons (Fsp3) is 0.667. The maximum atomic E-state index is 12.6. The number of methoxy groups -OCH3 is 2. The monoisotopic (exact) mass is 519 g/mol. The van der Waals surface area contributed by atoms with Gasteiger partial charge in [-0.1, -0.05) is 0 Å². The number of piperazine rings is 1. The third kappa shape index (κ3) is 8.24. The summed E-state index contributed by atoms with van der Waals surface area (Å²) in [6.07, 6.45) is 2.59. The molecule has 0 bridgehead atoms. The number of aryl methyl sites for hydroxylation is 1. The molecule has 2 aliphatic heterocycles. The number of hydrogen-bond donors (Lipinski definition) is 0. The van der Waals surface area contributed by atoms with Crippen LogP contribution < -0.4 is 14.2 Å². The molecule has 0 atom stereocenters. The van der Waals surface area contributed by atoms with Crippen molar-refractivity contribution in [1.29, 1.82) is 0 Å². The summed E-state index contributed by atoms with van der Waals surface area (Å²) in [5.74, 6) is 1.35. The number of carbonyl (C=O) groups is 3. The molecule has 10 heteroatoms. The van der Waals surface area contributed by atoms with E-state index in [1.165, 1.54) is 4.90 Å². The number of ether oxygens (including phenoxy) is 4. The first kappa shape index (κ1) is 28.6. The van der Waals surface area contributed by atoms with Gasteiger partial charge in [-0.15, -0.1) is 0 Å². The maximum absolute atomic E-state index is 12.6. The Morgan fingerprint density at radius 1 is 0.946 bits per heavy atom. The van der Waals surface area contributed by atoms with Crippen LogP contribution in [0.2, 0.25) is 0 Å². The van der Waals surface area contributed by atoms with E-state index in [4.69, 9.17) is 18.9 Å². The fourth-order valence-electron chi connectivity index (χ4n) is 4.43. The topological polar surface area (TPSA) is 97.9 Å². The number of hydrogen-bond acceptors (Lipinski definition) is 8. The molecule has 0 aliphatic carbocycles. The summed E-state index contributed by atoms with van der Waals surface area (Å²) in [6, 6.07) is 3.70. The highest BCUT2D eigenvalue weighted by molar-refractivity contribution is 5.95. The molecule has 0 spiro atoms. The number of nitrogens with zero attached hydrogens (tertiary/aromatic N) is 3. The van der Waals surface area contributed by atoms with Crippen molar-refractivity contribution in [2.45, 2.75) is 58.5 Å². The Morgan fingerprint density at radius 2 is 1.59 bits per heavy atom. The van der Waals surface area contributed by atoms with Gasteiger partial charge in [0.2, 0.25) is 17.6 Å². The number of piperidine rings is 1. The van der Waals surface area contributed by atoms with Gasteiger partial charge in [0.1, 0.15) is 12.2 Å². The lowest BCUT2D eigenvalue weighted by atomic mass is 10.1. The van der Waals surface area contributed by atoms with E-state index in [1.807, 2.05) is 32.9 Å². The number of carbonyl (C=O) groups excluding carboxylic acids is 3. The summed E-state index contributed by atoms with van der Waals surface area (Å²) in [7, 11) is 3.14. The highest BCUT2D eigenvalue weighted by Crippen LogP contribution is 2.39. The molecule has 2 fully saturated rings. The first-order valence-electron chi connectivity index (χ1n) is 13.0. The van der Waals surface area contributed by atoms with E-state index in [0.29, 0.717) is 62.9 Å². The molecule has 1 aromatic carbocycles. The zero-order valence-electron chi connectivity index (χ0n) is 22.8. The molecule has 3 rings (SSSR count). The number of likely N-dealkylation sites (tertiary alicyclic amines) is 1. The summed E-state index contributed by atoms with van der Waals surface area (Å²) in [5, 5.41) is 0. The van der Waals surface area contributed by atoms with Crippen LogP contribution in [0.25, 0.3) is 0 Å². The van der Waals surface area contributed by atoms with Gasteiger partial charge in [0.25, 0.3) is 0 Å². The van der Waals surface area contributed by atoms with Crippen molar-refractivity contribution in [3.8, 4) is 17.2 Å². The first-order chi connectivity index (χ1) is 17.6. The first-order valence-corrected chi connectivity index (χ1v) is 13.0. The highest BCUT2D eigenvalue weighted by atomic mass is 16.6. The molecular weight excluding hydrogens is 478 g/mol. The van der Waals surface area contributed by atoms with Crippen molar-refractivity contribution >= 4 is 17.9 Å². The van der Waals surface area contributed by atoms with Gasteiger partial charge in [-0.3, -0.25) is 19.4 Å². The zero-order valence-corrected chi connectivity index (χ0v) is 22.8. The average Bonchev–Trinajstić information content (AvgIpc) is 2.87. The predicted octanol–water partition coefficient (Wildman–Crippen LogP) is 3.11. The number of rotatable bonds is 9. The second kappa shape index (κ2) is 13.0. The summed E-state index contributed by atoms with van der Waals surface area (Å²) in [4.78, 5) is 42.2. The van der Waals surface area contributed by atoms with Crippen LogP contribution in [0.15, 0.2) is 12.1 Å². The number of imide groups is 1. The maximum Gasteiger partial charge on any atom is 0.410 e. The Balaban J connectivity index is 1.51. The lowest BCUT2D eigenvalue weighted by molar-refractivity contribution is -0.146. The van der Waals surface area contributed by atoms with Crippen molar-refractivity contribution < 1.29 is 33.3 Å². The SMILES string of the molecule is COc1cc(CCC(=O)N2CCCCC2=O)cc(OC)c1OCCN1CCN(C(=O)OC(C)(C)C)CC1. The summed E-state index contributed by atoms with van der Waals surface area (Å²) in [5.41, 5.74) is 0.370. The Hall–Kier alpha value is -3.01. The smallest absolute Gasteiger partial charge is 0.410 e. The van der Waals surface area contributed by atoms with Crippen LogP contribution in [0.5, 0.6) is 17.2 Å². The Labute approximate surface area is 219 Å². The molecule has 2 aliphatic rings. The third-order valence-electron chi connectivity index (χ3n) is 6.45. The van der Waals surface area contributed by atoms with E-state index < -0.39 is 5.60 Å². The second-order valence-electron chi connectivity index (χ2n) is 10.4. The van der Waals surface area contributed by atoms with Gasteiger partial charge in [-0.2, -0.15) is 0 Å². The van der Waals surface area contributed by atoms with Crippen LogP contribution in [0.3, 0.4) is 0 Å². The van der Waals surface area contributed by atoms with Crippen molar-refractivity contribution in [2.24, 2.45) is 0 Å². The summed E-state index contributed by atoms with van der Waals surface area (Å²) in [6.45, 7) is 9.92. The van der Waals surface area contributed by atoms with Crippen LogP contribution in [0.1, 0.15) is 52.0 Å². The standard InChI is InChI=1S/C27H41N3O7/c1-27(2,3)37-26(33)29-14-12-28(13-15-29)16-17-36-25-21(34-4)18-20(19-22(25)35-5)9-10-24(32)30-11-7-6-8-23(30)31/h18-19H,6-17H2,1-5H3. The quantitative estimate of drug-likeness (QED) is 0.491. The van der Waals surface area contributed by atoms with Gasteiger partial charge in [0.05, 0.1) is 14.2 Å². The van der Waals surface area contributed by atoms with Gasteiger partial charge in [0.15, 0.2) is 11.5 Å². The van der Waals surface area contributed by atoms with E-state index in [-0.39, 0.29) is 24.3 Å². The summed E-state index contributed by atoms with van der Waals surface area (Å²) >= 11 is 0. The van der Waals surface area contributed by atoms with Crippen LogP contribution >= 0.6 is 0 Å². The molecule has 3 amide bonds. The highest BCUT2D eigenvalue weighted by Gasteiger charge is 2.26. The van der Waals surface area contributed by atoms with Gasteiger partial charge in [-0.05, 0) is 57.7 Å². The molecule has 0 radical (unpaired) electrons. The second-order valence-corrected chi connectivity index (χ2v) is 10.4. The average molecular weight is 520 g/mol. The fourth-order valence-corrected chi connectivity index (χ4v) is 4.43. The Bertz CT molecular complexity index is 927. The van der Waals surface area contributed by atoms with Gasteiger partial charge in [0, 0.05) is 52.1 Å². The number of benzene rings is 1.